The van der Waals surface area contributed by atoms with Gasteiger partial charge < -0.3 is 35.1 Å². The molecule has 9 rings (SSSR count). The summed E-state index contributed by atoms with van der Waals surface area (Å²) in [7, 11) is 3.98. The average molecular weight is 679 g/mol. The average Bonchev–Trinajstić information content (AvgIpc) is 3.97. The van der Waals surface area contributed by atoms with Crippen LogP contribution in [0.2, 0.25) is 0 Å². The van der Waals surface area contributed by atoms with Crippen LogP contribution in [0.4, 0.5) is 34.1 Å². The zero-order valence-electron chi connectivity index (χ0n) is 28.0. The molecular weight excluding hydrogens is 644 g/mol. The van der Waals surface area contributed by atoms with Crippen molar-refractivity contribution in [2.75, 3.05) is 47.2 Å². The largest absolute Gasteiger partial charge is 0.477 e. The highest BCUT2D eigenvalue weighted by molar-refractivity contribution is 6.10. The van der Waals surface area contributed by atoms with Gasteiger partial charge >= 0.3 is 5.97 Å². The molecule has 0 fully saturated rings. The third kappa shape index (κ3) is 5.09. The van der Waals surface area contributed by atoms with E-state index in [0.29, 0.717) is 43.7 Å². The molecule has 3 aliphatic heterocycles. The number of rotatable bonds is 6. The number of benzene rings is 4. The predicted molar refractivity (Wildman–Crippen MR) is 197 cm³/mol. The van der Waals surface area contributed by atoms with E-state index in [9.17, 15) is 19.5 Å². The summed E-state index contributed by atoms with van der Waals surface area (Å²) in [4.78, 5) is 51.2. The van der Waals surface area contributed by atoms with Crippen LogP contribution in [0.3, 0.4) is 0 Å². The van der Waals surface area contributed by atoms with Gasteiger partial charge in [-0.15, -0.1) is 0 Å². The normalized spacial score (nSPS) is 16.2. The minimum Gasteiger partial charge on any atom is -0.477 e. The maximum absolute atomic E-state index is 13.9. The Morgan fingerprint density at radius 1 is 0.745 bits per heavy atom. The van der Waals surface area contributed by atoms with Crippen LogP contribution in [-0.2, 0) is 24.1 Å². The zero-order valence-corrected chi connectivity index (χ0v) is 28.0. The summed E-state index contributed by atoms with van der Waals surface area (Å²) >= 11 is 0. The molecular formula is C39H34N8O4. The molecule has 5 heterocycles. The van der Waals surface area contributed by atoms with Crippen molar-refractivity contribution >= 4 is 73.7 Å². The molecule has 4 N–H and O–H groups in total. The molecule has 1 atom stereocenters. The van der Waals surface area contributed by atoms with Gasteiger partial charge in [0.25, 0.3) is 5.91 Å². The lowest BCUT2D eigenvalue weighted by molar-refractivity contribution is -0.119. The fourth-order valence-electron chi connectivity index (χ4n) is 7.75. The predicted octanol–water partition coefficient (Wildman–Crippen LogP) is 6.96. The number of amides is 2. The SMILES string of the molecule is CN(C)c1ccc(N=Nc2ccc3[nH]c(C(=O)N4CCc5c4ccc4c5CC(C(=O)N5CCc6c5ccc5[nH]c(C(=O)O)cc65)N4)cc3c2)cc1. The van der Waals surface area contributed by atoms with Crippen LogP contribution < -0.4 is 20.0 Å². The van der Waals surface area contributed by atoms with Crippen LogP contribution in [0, 0.1) is 0 Å². The Morgan fingerprint density at radius 2 is 1.43 bits per heavy atom. The standard InChI is InChI=1S/C39H34N8O4/c1-45(2)24-6-3-22(4-7-24)43-44-23-5-8-29-21(17-23)18-32(40-29)37(48)46-15-13-25-27-19-33(41-30(27)9-11-35(25)46)38(49)47-16-14-26-28-20-34(39(50)51)42-31(28)10-12-36(26)47/h3-12,17-18,20,33,40-42H,13-16,19H2,1-2H3,(H,50,51). The Kier molecular flexibility index (Phi) is 6.95. The van der Waals surface area contributed by atoms with E-state index in [0.717, 1.165) is 66.9 Å². The Balaban J connectivity index is 0.912. The molecule has 2 aromatic heterocycles. The Labute approximate surface area is 292 Å². The Morgan fingerprint density at radius 3 is 2.24 bits per heavy atom. The molecule has 0 spiro atoms. The van der Waals surface area contributed by atoms with Crippen LogP contribution in [0.5, 0.6) is 0 Å². The molecule has 6 aromatic rings. The van der Waals surface area contributed by atoms with Crippen molar-refractivity contribution in [3.05, 3.63) is 107 Å². The molecule has 12 nitrogen and oxygen atoms in total. The fourth-order valence-corrected chi connectivity index (χ4v) is 7.75. The van der Waals surface area contributed by atoms with Gasteiger partial charge in [-0.25, -0.2) is 4.79 Å². The number of carbonyl (C=O) groups is 3. The number of hydrogen-bond acceptors (Lipinski definition) is 7. The number of hydrogen-bond donors (Lipinski definition) is 4. The van der Waals surface area contributed by atoms with Gasteiger partial charge in [-0.1, -0.05) is 0 Å². The first-order valence-electron chi connectivity index (χ1n) is 17.0. The minimum absolute atomic E-state index is 0.0165. The number of azo groups is 1. The van der Waals surface area contributed by atoms with Crippen LogP contribution >= 0.6 is 0 Å². The molecule has 51 heavy (non-hydrogen) atoms. The number of fused-ring (bicyclic) bond motifs is 7. The van der Waals surface area contributed by atoms with Gasteiger partial charge in [0.05, 0.1) is 11.4 Å². The molecule has 0 saturated carbocycles. The monoisotopic (exact) mass is 678 g/mol. The molecule has 12 heteroatoms. The van der Waals surface area contributed by atoms with E-state index in [-0.39, 0.29) is 17.5 Å². The van der Waals surface area contributed by atoms with Gasteiger partial charge in [0.15, 0.2) is 0 Å². The lowest BCUT2D eigenvalue weighted by atomic mass is 10.0. The van der Waals surface area contributed by atoms with E-state index < -0.39 is 12.0 Å². The Hall–Kier alpha value is -6.43. The first kappa shape index (κ1) is 30.6. The second-order valence-corrected chi connectivity index (χ2v) is 13.5. The van der Waals surface area contributed by atoms with Gasteiger partial charge in [-0.3, -0.25) is 9.59 Å². The van der Waals surface area contributed by atoms with E-state index in [4.69, 9.17) is 0 Å². The maximum Gasteiger partial charge on any atom is 0.352 e. The molecule has 2 amide bonds. The number of aromatic amines is 2. The van der Waals surface area contributed by atoms with Crippen molar-refractivity contribution in [2.45, 2.75) is 25.3 Å². The third-order valence-electron chi connectivity index (χ3n) is 10.3. The lowest BCUT2D eigenvalue weighted by Crippen LogP contribution is -2.41. The van der Waals surface area contributed by atoms with Crippen molar-refractivity contribution in [2.24, 2.45) is 10.2 Å². The minimum atomic E-state index is -1.01. The van der Waals surface area contributed by atoms with Crippen LogP contribution in [-0.4, -0.2) is 66.1 Å². The topological polar surface area (TPSA) is 149 Å². The summed E-state index contributed by atoms with van der Waals surface area (Å²) in [5.74, 6) is -1.13. The molecule has 0 radical (unpaired) electrons. The number of nitrogens with zero attached hydrogens (tertiary/aromatic N) is 5. The van der Waals surface area contributed by atoms with E-state index in [1.54, 1.807) is 6.07 Å². The highest BCUT2D eigenvalue weighted by atomic mass is 16.4. The van der Waals surface area contributed by atoms with Crippen molar-refractivity contribution in [3.8, 4) is 0 Å². The van der Waals surface area contributed by atoms with Crippen LogP contribution in [0.15, 0.2) is 89.1 Å². The zero-order chi connectivity index (χ0) is 35.0. The van der Waals surface area contributed by atoms with Crippen molar-refractivity contribution in [3.63, 3.8) is 0 Å². The lowest BCUT2D eigenvalue weighted by Gasteiger charge is -2.21. The molecule has 4 aromatic carbocycles. The quantitative estimate of drug-likeness (QED) is 0.140. The first-order chi connectivity index (χ1) is 24.7. The number of aromatic carboxylic acids is 1. The van der Waals surface area contributed by atoms with Crippen LogP contribution in [0.25, 0.3) is 21.8 Å². The van der Waals surface area contributed by atoms with Gasteiger partial charge in [-0.05, 0) is 108 Å². The Bertz CT molecular complexity index is 2460. The van der Waals surface area contributed by atoms with Crippen molar-refractivity contribution in [1.82, 2.24) is 9.97 Å². The van der Waals surface area contributed by atoms with E-state index in [2.05, 4.69) is 25.5 Å². The first-order valence-corrected chi connectivity index (χ1v) is 17.0. The molecule has 0 saturated heterocycles. The smallest absolute Gasteiger partial charge is 0.352 e. The molecule has 3 aliphatic rings. The number of anilines is 4. The van der Waals surface area contributed by atoms with E-state index >= 15 is 0 Å². The number of carboxylic acid groups (broad SMARTS) is 1. The maximum atomic E-state index is 13.9. The molecule has 0 bridgehead atoms. The number of H-pyrrole nitrogens is 2. The summed E-state index contributed by atoms with van der Waals surface area (Å²) < 4.78 is 0. The highest BCUT2D eigenvalue weighted by Gasteiger charge is 2.38. The third-order valence-corrected chi connectivity index (χ3v) is 10.3. The van der Waals surface area contributed by atoms with Gasteiger partial charge in [0.2, 0.25) is 5.91 Å². The summed E-state index contributed by atoms with van der Waals surface area (Å²) in [6, 6.07) is 24.3. The van der Waals surface area contributed by atoms with Gasteiger partial charge in [0.1, 0.15) is 17.4 Å². The molecule has 1 unspecified atom stereocenters. The van der Waals surface area contributed by atoms with Gasteiger partial charge in [-0.2, -0.15) is 10.2 Å². The second-order valence-electron chi connectivity index (χ2n) is 13.5. The van der Waals surface area contributed by atoms with E-state index in [1.807, 2.05) is 102 Å². The number of carboxylic acids is 1. The number of carbonyl (C=O) groups excluding carboxylic acids is 2. The highest BCUT2D eigenvalue weighted by Crippen LogP contribution is 2.41. The summed E-state index contributed by atoms with van der Waals surface area (Å²) in [6.07, 6.45) is 1.90. The van der Waals surface area contributed by atoms with E-state index in [1.165, 1.54) is 0 Å². The second kappa shape index (κ2) is 11.6. The fraction of sp³-hybridized carbons (Fsp3) is 0.205. The van der Waals surface area contributed by atoms with Crippen molar-refractivity contribution < 1.29 is 19.5 Å². The number of aromatic nitrogens is 2. The van der Waals surface area contributed by atoms with Crippen LogP contribution in [0.1, 0.15) is 37.7 Å². The molecule has 254 valence electrons. The summed E-state index contributed by atoms with van der Waals surface area (Å²) in [6.45, 7) is 1.09. The van der Waals surface area contributed by atoms with Crippen molar-refractivity contribution in [1.29, 1.82) is 0 Å². The van der Waals surface area contributed by atoms with Gasteiger partial charge in [0, 0.05) is 78.2 Å². The summed E-state index contributed by atoms with van der Waals surface area (Å²) in [5.41, 5.74) is 10.6. The summed E-state index contributed by atoms with van der Waals surface area (Å²) in [5, 5.41) is 23.4. The number of nitrogens with one attached hydrogen (secondary N) is 3. The molecule has 0 aliphatic carbocycles.